The van der Waals surface area contributed by atoms with E-state index < -0.39 is 0 Å². The van der Waals surface area contributed by atoms with E-state index in [-0.39, 0.29) is 6.79 Å². The highest BCUT2D eigenvalue weighted by atomic mass is 16.7. The van der Waals surface area contributed by atoms with Crippen LogP contribution in [0.5, 0.6) is 17.2 Å². The van der Waals surface area contributed by atoms with Gasteiger partial charge in [0.2, 0.25) is 12.5 Å². The lowest BCUT2D eigenvalue weighted by molar-refractivity contribution is 0.171. The molecule has 5 heteroatoms. The molecule has 1 aliphatic heterocycles. The number of nitrogens with one attached hydrogen (secondary N) is 1. The number of hydrogen-bond acceptors (Lipinski definition) is 5. The van der Waals surface area contributed by atoms with E-state index in [1.807, 2.05) is 26.1 Å². The van der Waals surface area contributed by atoms with Crippen LogP contribution < -0.4 is 19.5 Å². The molecule has 0 spiro atoms. The standard InChI is InChI=1S/C15H19NO4/c1-5-18-10(2)6-7-11-8-12(16-3)14-15(13(11)17-4)20-9-19-14/h6-8,16H,2,5,9H2,1,3-4H3/b7-6+. The monoisotopic (exact) mass is 277 g/mol. The van der Waals surface area contributed by atoms with E-state index in [1.54, 1.807) is 13.2 Å². The Hall–Kier alpha value is -2.30. The molecule has 2 rings (SSSR count). The average Bonchev–Trinajstić information content (AvgIpc) is 2.93. The van der Waals surface area contributed by atoms with E-state index in [0.717, 1.165) is 11.3 Å². The zero-order valence-corrected chi connectivity index (χ0v) is 12.0. The molecule has 5 nitrogen and oxygen atoms in total. The van der Waals surface area contributed by atoms with Crippen molar-refractivity contribution in [2.24, 2.45) is 0 Å². The van der Waals surface area contributed by atoms with E-state index in [9.17, 15) is 0 Å². The molecule has 108 valence electrons. The van der Waals surface area contributed by atoms with Crippen LogP contribution in [0.2, 0.25) is 0 Å². The second kappa shape index (κ2) is 6.23. The van der Waals surface area contributed by atoms with Gasteiger partial charge in [0.1, 0.15) is 5.76 Å². The molecule has 1 N–H and O–H groups in total. The Morgan fingerprint density at radius 3 is 2.85 bits per heavy atom. The first kappa shape index (κ1) is 14.1. The Morgan fingerprint density at radius 2 is 2.20 bits per heavy atom. The van der Waals surface area contributed by atoms with Crippen LogP contribution in [0.1, 0.15) is 12.5 Å². The van der Waals surface area contributed by atoms with Gasteiger partial charge in [-0.25, -0.2) is 0 Å². The van der Waals surface area contributed by atoms with Crippen molar-refractivity contribution < 1.29 is 18.9 Å². The van der Waals surface area contributed by atoms with Crippen LogP contribution in [0.3, 0.4) is 0 Å². The van der Waals surface area contributed by atoms with Crippen LogP contribution >= 0.6 is 0 Å². The molecule has 0 aromatic heterocycles. The molecular weight excluding hydrogens is 258 g/mol. The molecule has 0 saturated heterocycles. The molecular formula is C15H19NO4. The maximum absolute atomic E-state index is 5.48. The minimum Gasteiger partial charge on any atom is -0.495 e. The van der Waals surface area contributed by atoms with E-state index in [4.69, 9.17) is 18.9 Å². The highest BCUT2D eigenvalue weighted by molar-refractivity contribution is 5.77. The molecule has 1 aliphatic rings. The van der Waals surface area contributed by atoms with Gasteiger partial charge in [-0.2, -0.15) is 0 Å². The van der Waals surface area contributed by atoms with Crippen molar-refractivity contribution in [1.29, 1.82) is 0 Å². The van der Waals surface area contributed by atoms with Gasteiger partial charge in [0.25, 0.3) is 0 Å². The number of ether oxygens (including phenoxy) is 4. The van der Waals surface area contributed by atoms with Gasteiger partial charge >= 0.3 is 0 Å². The maximum Gasteiger partial charge on any atom is 0.231 e. The molecule has 0 radical (unpaired) electrons. The molecule has 0 unspecified atom stereocenters. The first-order chi connectivity index (χ1) is 9.71. The Bertz CT molecular complexity index is 537. The fourth-order valence-corrected chi connectivity index (χ4v) is 2.00. The third-order valence-electron chi connectivity index (χ3n) is 2.88. The summed E-state index contributed by atoms with van der Waals surface area (Å²) in [6.45, 7) is 6.50. The Labute approximate surface area is 118 Å². The van der Waals surface area contributed by atoms with Gasteiger partial charge in [0.05, 0.1) is 19.4 Å². The summed E-state index contributed by atoms with van der Waals surface area (Å²) in [5.41, 5.74) is 1.71. The van der Waals surface area contributed by atoms with Gasteiger partial charge in [-0.15, -0.1) is 0 Å². The molecule has 1 aromatic carbocycles. The first-order valence-electron chi connectivity index (χ1n) is 6.39. The summed E-state index contributed by atoms with van der Waals surface area (Å²) in [6, 6.07) is 1.93. The van der Waals surface area contributed by atoms with Crippen LogP contribution in [-0.2, 0) is 4.74 Å². The van der Waals surface area contributed by atoms with Crippen LogP contribution in [0, 0.1) is 0 Å². The SMILES string of the molecule is C=C(/C=C/c1cc(NC)c2c(c1OC)OCO2)OCC. The third-order valence-corrected chi connectivity index (χ3v) is 2.88. The maximum atomic E-state index is 5.48. The first-order valence-corrected chi connectivity index (χ1v) is 6.39. The van der Waals surface area contributed by atoms with Crippen molar-refractivity contribution in [2.45, 2.75) is 6.92 Å². The van der Waals surface area contributed by atoms with Crippen LogP contribution in [-0.4, -0.2) is 27.6 Å². The number of fused-ring (bicyclic) bond motifs is 1. The largest absolute Gasteiger partial charge is 0.495 e. The summed E-state index contributed by atoms with van der Waals surface area (Å²) < 4.78 is 21.7. The van der Waals surface area contributed by atoms with Crippen LogP contribution in [0.25, 0.3) is 6.08 Å². The van der Waals surface area contributed by atoms with Gasteiger partial charge in [-0.3, -0.25) is 0 Å². The van der Waals surface area contributed by atoms with Crippen molar-refractivity contribution in [3.05, 3.63) is 30.0 Å². The normalized spacial score (nSPS) is 12.6. The summed E-state index contributed by atoms with van der Waals surface area (Å²) in [6.07, 6.45) is 3.67. The lowest BCUT2D eigenvalue weighted by Gasteiger charge is -2.12. The van der Waals surface area contributed by atoms with Crippen LogP contribution in [0.4, 0.5) is 5.69 Å². The van der Waals surface area contributed by atoms with E-state index in [1.165, 1.54) is 0 Å². The van der Waals surface area contributed by atoms with Crippen LogP contribution in [0.15, 0.2) is 24.5 Å². The Kier molecular flexibility index (Phi) is 4.40. The molecule has 0 saturated carbocycles. The number of anilines is 1. The quantitative estimate of drug-likeness (QED) is 0.640. The van der Waals surface area contributed by atoms with Crippen molar-refractivity contribution >= 4 is 11.8 Å². The van der Waals surface area contributed by atoms with Crippen molar-refractivity contribution in [1.82, 2.24) is 0 Å². The highest BCUT2D eigenvalue weighted by Crippen LogP contribution is 2.48. The number of methoxy groups -OCH3 is 1. The summed E-state index contributed by atoms with van der Waals surface area (Å²) in [5, 5.41) is 3.08. The van der Waals surface area contributed by atoms with Gasteiger partial charge in [0.15, 0.2) is 11.5 Å². The van der Waals surface area contributed by atoms with Crippen molar-refractivity contribution in [3.8, 4) is 17.2 Å². The molecule has 1 heterocycles. The zero-order valence-electron chi connectivity index (χ0n) is 12.0. The lowest BCUT2D eigenvalue weighted by Crippen LogP contribution is -1.95. The van der Waals surface area contributed by atoms with Crippen molar-refractivity contribution in [3.63, 3.8) is 0 Å². The average molecular weight is 277 g/mol. The summed E-state index contributed by atoms with van der Waals surface area (Å²) >= 11 is 0. The minimum atomic E-state index is 0.194. The minimum absolute atomic E-state index is 0.194. The fraction of sp³-hybridized carbons (Fsp3) is 0.333. The summed E-state index contributed by atoms with van der Waals surface area (Å²) in [7, 11) is 3.43. The topological polar surface area (TPSA) is 49.0 Å². The molecule has 0 atom stereocenters. The van der Waals surface area contributed by atoms with Gasteiger partial charge in [0, 0.05) is 12.6 Å². The summed E-state index contributed by atoms with van der Waals surface area (Å²) in [5.74, 6) is 2.52. The molecule has 0 bridgehead atoms. The van der Waals surface area contributed by atoms with Gasteiger partial charge < -0.3 is 24.3 Å². The number of rotatable bonds is 6. The molecule has 1 aromatic rings. The van der Waals surface area contributed by atoms with Crippen molar-refractivity contribution in [2.75, 3.05) is 32.9 Å². The van der Waals surface area contributed by atoms with E-state index in [2.05, 4.69) is 11.9 Å². The third kappa shape index (κ3) is 2.66. The van der Waals surface area contributed by atoms with Gasteiger partial charge in [-0.05, 0) is 25.1 Å². The molecule has 0 fully saturated rings. The Morgan fingerprint density at radius 1 is 1.45 bits per heavy atom. The van der Waals surface area contributed by atoms with E-state index in [0.29, 0.717) is 29.6 Å². The predicted molar refractivity (Wildman–Crippen MR) is 78.5 cm³/mol. The lowest BCUT2D eigenvalue weighted by atomic mass is 10.1. The molecule has 0 amide bonds. The molecule has 20 heavy (non-hydrogen) atoms. The highest BCUT2D eigenvalue weighted by Gasteiger charge is 2.25. The fourth-order valence-electron chi connectivity index (χ4n) is 2.00. The summed E-state index contributed by atoms with van der Waals surface area (Å²) in [4.78, 5) is 0. The number of hydrogen-bond donors (Lipinski definition) is 1. The smallest absolute Gasteiger partial charge is 0.231 e. The molecule has 0 aliphatic carbocycles. The number of benzene rings is 1. The van der Waals surface area contributed by atoms with E-state index >= 15 is 0 Å². The van der Waals surface area contributed by atoms with Gasteiger partial charge in [-0.1, -0.05) is 6.58 Å². The zero-order chi connectivity index (χ0) is 14.5. The number of allylic oxidation sites excluding steroid dienone is 1. The second-order valence-electron chi connectivity index (χ2n) is 4.09. The Balaban J connectivity index is 2.40. The second-order valence-corrected chi connectivity index (χ2v) is 4.09. The predicted octanol–water partition coefficient (Wildman–Crippen LogP) is 3.03.